The number of nitrogens with two attached hydrogens (primary N) is 1. The standard InChI is InChI=1S/C20H23N5O2.ClH/c21-20(22-14-16-4-2-1-3-5-16)24-23-19(25-10-12-27-13-11-25)18-8-6-17(15-26)7-9-18;/h1-9,15H,10-14H2,(H3,21,22,24);1H. The highest BCUT2D eigenvalue weighted by molar-refractivity contribution is 6.00. The lowest BCUT2D eigenvalue weighted by atomic mass is 10.1. The van der Waals surface area contributed by atoms with E-state index in [0.29, 0.717) is 25.3 Å². The summed E-state index contributed by atoms with van der Waals surface area (Å²) in [5, 5.41) is 4.48. The number of carbonyl (C=O) groups excluding carboxylic acids is 1. The summed E-state index contributed by atoms with van der Waals surface area (Å²) in [5.41, 5.74) is 11.4. The van der Waals surface area contributed by atoms with Gasteiger partial charge < -0.3 is 15.4 Å². The van der Waals surface area contributed by atoms with Gasteiger partial charge in [-0.15, -0.1) is 12.4 Å². The SMILES string of the molecule is Cl.NC(=NCc1ccccc1)NN=C(c1ccc(C=O)cc1)N1CCOCC1. The maximum atomic E-state index is 10.9. The van der Waals surface area contributed by atoms with E-state index >= 15 is 0 Å². The molecule has 0 amide bonds. The van der Waals surface area contributed by atoms with Gasteiger partial charge in [-0.1, -0.05) is 54.6 Å². The number of benzene rings is 2. The molecule has 1 saturated heterocycles. The third-order valence-corrected chi connectivity index (χ3v) is 4.17. The Balaban J connectivity index is 0.00000280. The first-order chi connectivity index (χ1) is 13.3. The minimum atomic E-state index is 0. The van der Waals surface area contributed by atoms with Gasteiger partial charge in [-0.2, -0.15) is 5.10 Å². The molecule has 7 nitrogen and oxygen atoms in total. The fourth-order valence-electron chi connectivity index (χ4n) is 2.71. The summed E-state index contributed by atoms with van der Waals surface area (Å²) in [7, 11) is 0. The number of hydrazone groups is 1. The van der Waals surface area contributed by atoms with Crippen molar-refractivity contribution in [3.05, 3.63) is 71.3 Å². The quantitative estimate of drug-likeness (QED) is 0.346. The molecule has 2 aromatic rings. The summed E-state index contributed by atoms with van der Waals surface area (Å²) < 4.78 is 5.42. The van der Waals surface area contributed by atoms with Gasteiger partial charge in [-0.05, 0) is 5.56 Å². The van der Waals surface area contributed by atoms with Gasteiger partial charge in [0.2, 0.25) is 5.96 Å². The largest absolute Gasteiger partial charge is 0.378 e. The molecule has 1 aliphatic rings. The van der Waals surface area contributed by atoms with Crippen molar-refractivity contribution < 1.29 is 9.53 Å². The molecule has 1 heterocycles. The van der Waals surface area contributed by atoms with E-state index in [2.05, 4.69) is 20.4 Å². The smallest absolute Gasteiger partial charge is 0.209 e. The zero-order valence-corrected chi connectivity index (χ0v) is 16.3. The van der Waals surface area contributed by atoms with Crippen molar-refractivity contribution in [1.82, 2.24) is 10.3 Å². The second kappa shape index (κ2) is 11.1. The summed E-state index contributed by atoms with van der Waals surface area (Å²) in [5.74, 6) is 0.989. The molecular weight excluding hydrogens is 378 g/mol. The van der Waals surface area contributed by atoms with Crippen LogP contribution in [0.2, 0.25) is 0 Å². The highest BCUT2D eigenvalue weighted by Crippen LogP contribution is 2.10. The molecule has 3 rings (SSSR count). The predicted molar refractivity (Wildman–Crippen MR) is 113 cm³/mol. The van der Waals surface area contributed by atoms with Crippen molar-refractivity contribution in [2.75, 3.05) is 26.3 Å². The molecule has 2 aromatic carbocycles. The lowest BCUT2D eigenvalue weighted by Gasteiger charge is -2.29. The van der Waals surface area contributed by atoms with Gasteiger partial charge >= 0.3 is 0 Å². The molecule has 0 spiro atoms. The van der Waals surface area contributed by atoms with Crippen LogP contribution in [0.4, 0.5) is 0 Å². The second-order valence-electron chi connectivity index (χ2n) is 6.07. The monoisotopic (exact) mass is 401 g/mol. The summed E-state index contributed by atoms with van der Waals surface area (Å²) >= 11 is 0. The maximum Gasteiger partial charge on any atom is 0.209 e. The topological polar surface area (TPSA) is 92.3 Å². The van der Waals surface area contributed by atoms with E-state index in [9.17, 15) is 4.79 Å². The van der Waals surface area contributed by atoms with E-state index in [1.807, 2.05) is 42.5 Å². The van der Waals surface area contributed by atoms with Crippen LogP contribution in [0, 0.1) is 0 Å². The van der Waals surface area contributed by atoms with E-state index in [1.165, 1.54) is 0 Å². The Kier molecular flexibility index (Phi) is 8.45. The fraction of sp³-hybridized carbons (Fsp3) is 0.250. The number of carbonyl (C=O) groups is 1. The summed E-state index contributed by atoms with van der Waals surface area (Å²) in [6.07, 6.45) is 0.821. The van der Waals surface area contributed by atoms with Crippen molar-refractivity contribution in [1.29, 1.82) is 0 Å². The zero-order valence-electron chi connectivity index (χ0n) is 15.5. The highest BCUT2D eigenvalue weighted by atomic mass is 35.5. The number of amidine groups is 1. The Labute approximate surface area is 170 Å². The first-order valence-corrected chi connectivity index (χ1v) is 8.82. The van der Waals surface area contributed by atoms with Crippen LogP contribution in [0.5, 0.6) is 0 Å². The average Bonchev–Trinajstić information content (AvgIpc) is 2.74. The van der Waals surface area contributed by atoms with Crippen molar-refractivity contribution >= 4 is 30.5 Å². The molecule has 8 heteroatoms. The van der Waals surface area contributed by atoms with Crippen molar-refractivity contribution in [3.8, 4) is 0 Å². The van der Waals surface area contributed by atoms with Gasteiger partial charge in [-0.3, -0.25) is 4.79 Å². The van der Waals surface area contributed by atoms with Gasteiger partial charge in [0.25, 0.3) is 0 Å². The maximum absolute atomic E-state index is 10.9. The number of hydrogen-bond donors (Lipinski definition) is 2. The molecule has 0 aliphatic carbocycles. The molecule has 1 fully saturated rings. The van der Waals surface area contributed by atoms with Gasteiger partial charge in [-0.25, -0.2) is 10.4 Å². The van der Waals surface area contributed by atoms with Crippen molar-refractivity contribution in [2.45, 2.75) is 6.54 Å². The lowest BCUT2D eigenvalue weighted by Crippen LogP contribution is -2.42. The molecule has 0 radical (unpaired) electrons. The molecular formula is C20H24ClN5O2. The third kappa shape index (κ3) is 6.07. The first-order valence-electron chi connectivity index (χ1n) is 8.82. The number of nitrogens with zero attached hydrogens (tertiary/aromatic N) is 3. The molecule has 0 atom stereocenters. The van der Waals surface area contributed by atoms with Gasteiger partial charge in [0.15, 0.2) is 5.84 Å². The Hall–Kier alpha value is -2.90. The molecule has 0 bridgehead atoms. The average molecular weight is 402 g/mol. The zero-order chi connectivity index (χ0) is 18.9. The highest BCUT2D eigenvalue weighted by Gasteiger charge is 2.17. The number of hydrogen-bond acceptors (Lipinski definition) is 4. The van der Waals surface area contributed by atoms with Crippen LogP contribution in [-0.4, -0.2) is 49.3 Å². The summed E-state index contributed by atoms with van der Waals surface area (Å²) in [6, 6.07) is 17.2. The minimum Gasteiger partial charge on any atom is -0.378 e. The number of halogens is 1. The Bertz CT molecular complexity index is 803. The number of nitrogens with one attached hydrogen (secondary N) is 1. The number of aliphatic imine (C=N–C) groups is 1. The van der Waals surface area contributed by atoms with Crippen LogP contribution in [0.15, 0.2) is 64.7 Å². The first kappa shape index (κ1) is 21.4. The number of rotatable bonds is 5. The number of morpholine rings is 1. The third-order valence-electron chi connectivity index (χ3n) is 4.17. The minimum absolute atomic E-state index is 0. The van der Waals surface area contributed by atoms with Crippen LogP contribution in [0.3, 0.4) is 0 Å². The Morgan fingerprint density at radius 1 is 1.11 bits per heavy atom. The fourth-order valence-corrected chi connectivity index (χ4v) is 2.71. The Morgan fingerprint density at radius 2 is 1.79 bits per heavy atom. The van der Waals surface area contributed by atoms with E-state index in [4.69, 9.17) is 10.5 Å². The number of ether oxygens (including phenoxy) is 1. The van der Waals surface area contributed by atoms with Crippen LogP contribution in [-0.2, 0) is 11.3 Å². The predicted octanol–water partition coefficient (Wildman–Crippen LogP) is 2.02. The number of aldehydes is 1. The van der Waals surface area contributed by atoms with E-state index in [-0.39, 0.29) is 18.4 Å². The number of guanidine groups is 1. The second-order valence-corrected chi connectivity index (χ2v) is 6.07. The molecule has 1 aliphatic heterocycles. The van der Waals surface area contributed by atoms with Crippen LogP contribution < -0.4 is 11.2 Å². The summed E-state index contributed by atoms with van der Waals surface area (Å²) in [4.78, 5) is 17.3. The van der Waals surface area contributed by atoms with E-state index < -0.39 is 0 Å². The molecule has 28 heavy (non-hydrogen) atoms. The van der Waals surface area contributed by atoms with Gasteiger partial charge in [0.05, 0.1) is 19.8 Å². The summed E-state index contributed by atoms with van der Waals surface area (Å²) in [6.45, 7) is 3.23. The molecule has 0 saturated carbocycles. The van der Waals surface area contributed by atoms with Crippen LogP contribution in [0.1, 0.15) is 21.5 Å². The molecule has 0 aromatic heterocycles. The van der Waals surface area contributed by atoms with E-state index in [1.54, 1.807) is 12.1 Å². The van der Waals surface area contributed by atoms with Crippen molar-refractivity contribution in [2.24, 2.45) is 15.8 Å². The Morgan fingerprint density at radius 3 is 2.43 bits per heavy atom. The van der Waals surface area contributed by atoms with Gasteiger partial charge in [0.1, 0.15) is 6.29 Å². The molecule has 3 N–H and O–H groups in total. The van der Waals surface area contributed by atoms with Crippen LogP contribution >= 0.6 is 12.4 Å². The molecule has 148 valence electrons. The normalized spacial score (nSPS) is 14.9. The van der Waals surface area contributed by atoms with Gasteiger partial charge in [0, 0.05) is 24.2 Å². The van der Waals surface area contributed by atoms with Crippen molar-refractivity contribution in [3.63, 3.8) is 0 Å². The molecule has 0 unspecified atom stereocenters. The van der Waals surface area contributed by atoms with E-state index in [0.717, 1.165) is 36.3 Å². The lowest BCUT2D eigenvalue weighted by molar-refractivity contribution is 0.0681. The van der Waals surface area contributed by atoms with Crippen LogP contribution in [0.25, 0.3) is 0 Å².